The van der Waals surface area contributed by atoms with Crippen LogP contribution >= 0.6 is 0 Å². The van der Waals surface area contributed by atoms with E-state index in [2.05, 4.69) is 25.1 Å². The molecule has 1 aliphatic heterocycles. The van der Waals surface area contributed by atoms with Crippen LogP contribution in [-0.4, -0.2) is 71.4 Å². The van der Waals surface area contributed by atoms with Crippen molar-refractivity contribution in [1.82, 2.24) is 25.1 Å². The number of hydrogen-bond acceptors (Lipinski definition) is 7. The van der Waals surface area contributed by atoms with Gasteiger partial charge in [-0.2, -0.15) is 5.10 Å². The number of aromatic amines is 1. The van der Waals surface area contributed by atoms with Crippen LogP contribution in [0.1, 0.15) is 10.5 Å². The van der Waals surface area contributed by atoms with Crippen LogP contribution in [0.15, 0.2) is 67.0 Å². The molecule has 35 heavy (non-hydrogen) atoms. The largest absolute Gasteiger partial charge is 0.497 e. The maximum absolute atomic E-state index is 13.1. The molecule has 9 nitrogen and oxygen atoms in total. The second kappa shape index (κ2) is 9.84. The quantitative estimate of drug-likeness (QED) is 0.461. The van der Waals surface area contributed by atoms with E-state index in [1.807, 2.05) is 59.5 Å². The van der Waals surface area contributed by atoms with Crippen molar-refractivity contribution in [3.63, 3.8) is 0 Å². The number of anilines is 1. The van der Waals surface area contributed by atoms with Gasteiger partial charge in [0.05, 0.1) is 25.6 Å². The van der Waals surface area contributed by atoms with Gasteiger partial charge in [-0.15, -0.1) is 0 Å². The first-order valence-electron chi connectivity index (χ1n) is 11.3. The van der Waals surface area contributed by atoms with E-state index in [0.717, 1.165) is 34.1 Å². The molecule has 2 aromatic heterocycles. The SMILES string of the molecule is COc1ccc(-c2cc(N3CCN(C(=O)c4cc(-c5cccc(OC)c5)n[nH]4)CC3)ncn2)cc1. The lowest BCUT2D eigenvalue weighted by Crippen LogP contribution is -2.49. The summed E-state index contributed by atoms with van der Waals surface area (Å²) in [7, 11) is 3.27. The van der Waals surface area contributed by atoms with Crippen molar-refractivity contribution in [3.8, 4) is 34.0 Å². The minimum Gasteiger partial charge on any atom is -0.497 e. The van der Waals surface area contributed by atoms with Crippen LogP contribution < -0.4 is 14.4 Å². The van der Waals surface area contributed by atoms with Crippen molar-refractivity contribution in [3.05, 3.63) is 72.7 Å². The third-order valence-electron chi connectivity index (χ3n) is 6.10. The minimum atomic E-state index is -0.0621. The van der Waals surface area contributed by atoms with Crippen LogP contribution in [0.3, 0.4) is 0 Å². The Kier molecular flexibility index (Phi) is 6.30. The molecular weight excluding hydrogens is 444 g/mol. The van der Waals surface area contributed by atoms with Crippen LogP contribution in [0.4, 0.5) is 5.82 Å². The molecule has 2 aromatic carbocycles. The second-order valence-electron chi connectivity index (χ2n) is 8.17. The second-order valence-corrected chi connectivity index (χ2v) is 8.17. The predicted molar refractivity (Wildman–Crippen MR) is 133 cm³/mol. The molecule has 5 rings (SSSR count). The molecular formula is C26H26N6O3. The number of piperazine rings is 1. The highest BCUT2D eigenvalue weighted by Gasteiger charge is 2.24. The molecule has 0 radical (unpaired) electrons. The number of carbonyl (C=O) groups excluding carboxylic acids is 1. The Morgan fingerprint density at radius 3 is 2.34 bits per heavy atom. The summed E-state index contributed by atoms with van der Waals surface area (Å²) < 4.78 is 10.5. The maximum Gasteiger partial charge on any atom is 0.272 e. The van der Waals surface area contributed by atoms with Gasteiger partial charge in [-0.1, -0.05) is 12.1 Å². The molecule has 4 aromatic rings. The Morgan fingerprint density at radius 2 is 1.60 bits per heavy atom. The van der Waals surface area contributed by atoms with Crippen molar-refractivity contribution >= 4 is 11.7 Å². The van der Waals surface area contributed by atoms with E-state index < -0.39 is 0 Å². The van der Waals surface area contributed by atoms with Crippen molar-refractivity contribution in [2.45, 2.75) is 0 Å². The van der Waals surface area contributed by atoms with Gasteiger partial charge in [0.1, 0.15) is 29.3 Å². The summed E-state index contributed by atoms with van der Waals surface area (Å²) in [6, 6.07) is 19.2. The molecule has 3 heterocycles. The first-order chi connectivity index (χ1) is 17.1. The Balaban J connectivity index is 1.23. The molecule has 0 bridgehead atoms. The number of hydrogen-bond donors (Lipinski definition) is 1. The highest BCUT2D eigenvalue weighted by atomic mass is 16.5. The number of ether oxygens (including phenoxy) is 2. The highest BCUT2D eigenvalue weighted by Crippen LogP contribution is 2.25. The van der Waals surface area contributed by atoms with Crippen LogP contribution in [0.25, 0.3) is 22.5 Å². The third kappa shape index (κ3) is 4.79. The summed E-state index contributed by atoms with van der Waals surface area (Å²) >= 11 is 0. The van der Waals surface area contributed by atoms with Gasteiger partial charge >= 0.3 is 0 Å². The normalized spacial score (nSPS) is 13.5. The fraction of sp³-hybridized carbons (Fsp3) is 0.231. The van der Waals surface area contributed by atoms with Gasteiger partial charge in [0, 0.05) is 43.4 Å². The van der Waals surface area contributed by atoms with Crippen molar-refractivity contribution in [1.29, 1.82) is 0 Å². The summed E-state index contributed by atoms with van der Waals surface area (Å²) in [4.78, 5) is 26.0. The summed E-state index contributed by atoms with van der Waals surface area (Å²) in [5, 5.41) is 7.22. The molecule has 0 unspecified atom stereocenters. The van der Waals surface area contributed by atoms with Gasteiger partial charge in [0.15, 0.2) is 0 Å². The first-order valence-corrected chi connectivity index (χ1v) is 11.3. The standard InChI is InChI=1S/C26H26N6O3/c1-34-20-8-6-18(7-9-20)22-16-25(28-17-27-22)31-10-12-32(13-11-31)26(33)24-15-23(29-30-24)19-4-3-5-21(14-19)35-2/h3-9,14-17H,10-13H2,1-2H3,(H,29,30). The Morgan fingerprint density at radius 1 is 0.829 bits per heavy atom. The fourth-order valence-electron chi connectivity index (χ4n) is 4.11. The van der Waals surface area contributed by atoms with Gasteiger partial charge in [-0.25, -0.2) is 9.97 Å². The van der Waals surface area contributed by atoms with E-state index in [4.69, 9.17) is 9.47 Å². The molecule has 0 saturated carbocycles. The Hall–Kier alpha value is -4.40. The van der Waals surface area contributed by atoms with Gasteiger partial charge in [0.25, 0.3) is 5.91 Å². The molecule has 1 amide bonds. The summed E-state index contributed by atoms with van der Waals surface area (Å²) in [5.74, 6) is 2.33. The van der Waals surface area contributed by atoms with E-state index in [0.29, 0.717) is 37.6 Å². The zero-order valence-corrected chi connectivity index (χ0v) is 19.6. The van der Waals surface area contributed by atoms with Crippen molar-refractivity contribution < 1.29 is 14.3 Å². The number of carbonyl (C=O) groups is 1. The summed E-state index contributed by atoms with van der Waals surface area (Å²) in [5.41, 5.74) is 3.91. The van der Waals surface area contributed by atoms with Crippen LogP contribution in [0, 0.1) is 0 Å². The molecule has 0 aliphatic carbocycles. The number of nitrogens with one attached hydrogen (secondary N) is 1. The van der Waals surface area contributed by atoms with Crippen molar-refractivity contribution in [2.75, 3.05) is 45.3 Å². The molecule has 178 valence electrons. The summed E-state index contributed by atoms with van der Waals surface area (Å²) in [6.07, 6.45) is 1.58. The molecule has 0 spiro atoms. The predicted octanol–water partition coefficient (Wildman–Crippen LogP) is 3.51. The van der Waals surface area contributed by atoms with Gasteiger partial charge in [-0.3, -0.25) is 9.89 Å². The number of methoxy groups -OCH3 is 2. The lowest BCUT2D eigenvalue weighted by Gasteiger charge is -2.35. The number of H-pyrrole nitrogens is 1. The molecule has 9 heteroatoms. The smallest absolute Gasteiger partial charge is 0.272 e. The third-order valence-corrected chi connectivity index (χ3v) is 6.10. The number of rotatable bonds is 6. The average Bonchev–Trinajstić information content (AvgIpc) is 3.43. The fourth-order valence-corrected chi connectivity index (χ4v) is 4.11. The average molecular weight is 471 g/mol. The van der Waals surface area contributed by atoms with Crippen LogP contribution in [0.5, 0.6) is 11.5 Å². The number of nitrogens with zero attached hydrogens (tertiary/aromatic N) is 5. The van der Waals surface area contributed by atoms with E-state index >= 15 is 0 Å². The summed E-state index contributed by atoms with van der Waals surface area (Å²) in [6.45, 7) is 2.55. The van der Waals surface area contributed by atoms with E-state index in [-0.39, 0.29) is 5.91 Å². The highest BCUT2D eigenvalue weighted by molar-refractivity contribution is 5.93. The molecule has 0 atom stereocenters. The minimum absolute atomic E-state index is 0.0621. The Labute approximate surface area is 203 Å². The lowest BCUT2D eigenvalue weighted by molar-refractivity contribution is 0.0740. The zero-order chi connectivity index (χ0) is 24.2. The lowest BCUT2D eigenvalue weighted by atomic mass is 10.1. The first kappa shape index (κ1) is 22.4. The van der Waals surface area contributed by atoms with Gasteiger partial charge in [-0.05, 0) is 42.5 Å². The number of benzene rings is 2. The van der Waals surface area contributed by atoms with Gasteiger partial charge < -0.3 is 19.3 Å². The van der Waals surface area contributed by atoms with Crippen LogP contribution in [-0.2, 0) is 0 Å². The van der Waals surface area contributed by atoms with Crippen LogP contribution in [0.2, 0.25) is 0 Å². The van der Waals surface area contributed by atoms with Gasteiger partial charge in [0.2, 0.25) is 0 Å². The van der Waals surface area contributed by atoms with Crippen molar-refractivity contribution in [2.24, 2.45) is 0 Å². The van der Waals surface area contributed by atoms with E-state index in [1.165, 1.54) is 0 Å². The molecule has 1 saturated heterocycles. The molecule has 1 N–H and O–H groups in total. The Bertz CT molecular complexity index is 1310. The topological polar surface area (TPSA) is 96.5 Å². The molecule has 1 fully saturated rings. The maximum atomic E-state index is 13.1. The number of aromatic nitrogens is 4. The molecule has 1 aliphatic rings. The zero-order valence-electron chi connectivity index (χ0n) is 19.6. The van der Waals surface area contributed by atoms with E-state index in [9.17, 15) is 4.79 Å². The number of amides is 1. The van der Waals surface area contributed by atoms with E-state index in [1.54, 1.807) is 26.6 Å². The monoisotopic (exact) mass is 470 g/mol.